The predicted molar refractivity (Wildman–Crippen MR) is 107 cm³/mol. The lowest BCUT2D eigenvalue weighted by Gasteiger charge is -2.34. The molecule has 4 heterocycles. The molecule has 1 unspecified atom stereocenters. The molecule has 27 heavy (non-hydrogen) atoms. The van der Waals surface area contributed by atoms with E-state index in [4.69, 9.17) is 0 Å². The normalized spacial score (nSPS) is 21.7. The van der Waals surface area contributed by atoms with Gasteiger partial charge in [-0.05, 0) is 81.3 Å². The van der Waals surface area contributed by atoms with Crippen molar-refractivity contribution in [1.82, 2.24) is 19.8 Å². The molecule has 1 atom stereocenters. The summed E-state index contributed by atoms with van der Waals surface area (Å²) < 4.78 is 0. The fraction of sp³-hybridized carbons (Fsp3) is 0.545. The number of likely N-dealkylation sites (tertiary alicyclic amines) is 2. The first-order chi connectivity index (χ1) is 13.1. The summed E-state index contributed by atoms with van der Waals surface area (Å²) in [4.78, 5) is 24.9. The summed E-state index contributed by atoms with van der Waals surface area (Å²) in [6.45, 7) is 9.15. The van der Waals surface area contributed by atoms with Crippen molar-refractivity contribution in [3.63, 3.8) is 0 Å². The highest BCUT2D eigenvalue weighted by atomic mass is 16.2. The molecule has 0 radical (unpaired) electrons. The van der Waals surface area contributed by atoms with Crippen molar-refractivity contribution >= 4 is 5.91 Å². The average molecular weight is 367 g/mol. The maximum absolute atomic E-state index is 12.8. The first-order valence-electron chi connectivity index (χ1n) is 10.2. The molecule has 5 nitrogen and oxygen atoms in total. The Hall–Kier alpha value is -2.14. The molecule has 0 bridgehead atoms. The van der Waals surface area contributed by atoms with Gasteiger partial charge in [-0.15, -0.1) is 0 Å². The van der Waals surface area contributed by atoms with Gasteiger partial charge in [-0.2, -0.15) is 0 Å². The molecule has 1 N–H and O–H groups in total. The number of aromatic nitrogens is 2. The van der Waals surface area contributed by atoms with Crippen molar-refractivity contribution in [2.75, 3.05) is 26.2 Å². The Morgan fingerprint density at radius 3 is 2.63 bits per heavy atom. The molecule has 2 aliphatic rings. The lowest BCUT2D eigenvalue weighted by atomic mass is 9.83. The number of aromatic amines is 1. The smallest absolute Gasteiger partial charge is 0.270 e. The number of carbonyl (C=O) groups excluding carboxylic acids is 1. The van der Waals surface area contributed by atoms with Crippen LogP contribution in [-0.4, -0.2) is 51.9 Å². The fourth-order valence-electron chi connectivity index (χ4n) is 4.80. The maximum atomic E-state index is 12.8. The number of hydrogen-bond acceptors (Lipinski definition) is 3. The van der Waals surface area contributed by atoms with Crippen molar-refractivity contribution in [2.24, 2.45) is 11.8 Å². The van der Waals surface area contributed by atoms with E-state index in [1.54, 1.807) is 0 Å². The van der Waals surface area contributed by atoms with E-state index in [2.05, 4.69) is 31.9 Å². The van der Waals surface area contributed by atoms with E-state index in [-0.39, 0.29) is 5.91 Å². The van der Waals surface area contributed by atoms with Gasteiger partial charge in [0.1, 0.15) is 5.69 Å². The average Bonchev–Trinajstić information content (AvgIpc) is 3.29. The third-order valence-corrected chi connectivity index (χ3v) is 6.30. The molecule has 2 aliphatic heterocycles. The summed E-state index contributed by atoms with van der Waals surface area (Å²) in [5.41, 5.74) is 4.20. The molecule has 5 heteroatoms. The Labute approximate surface area is 161 Å². The van der Waals surface area contributed by atoms with E-state index < -0.39 is 0 Å². The fourth-order valence-corrected chi connectivity index (χ4v) is 4.80. The van der Waals surface area contributed by atoms with E-state index >= 15 is 0 Å². The van der Waals surface area contributed by atoms with Crippen LogP contribution in [0, 0.1) is 25.7 Å². The molecule has 2 aromatic heterocycles. The van der Waals surface area contributed by atoms with Crippen LogP contribution in [0.4, 0.5) is 0 Å². The predicted octanol–water partition coefficient (Wildman–Crippen LogP) is 3.40. The number of carbonyl (C=O) groups is 1. The van der Waals surface area contributed by atoms with E-state index in [0.29, 0.717) is 5.92 Å². The van der Waals surface area contributed by atoms with E-state index in [0.717, 1.165) is 62.0 Å². The molecule has 2 aromatic rings. The molecular weight excluding hydrogens is 336 g/mol. The molecule has 0 spiro atoms. The number of rotatable bonds is 4. The summed E-state index contributed by atoms with van der Waals surface area (Å²) in [6, 6.07) is 6.22. The number of nitrogens with zero attached hydrogens (tertiary/aromatic N) is 3. The van der Waals surface area contributed by atoms with Gasteiger partial charge in [0.15, 0.2) is 0 Å². The number of piperidine rings is 1. The Morgan fingerprint density at radius 1 is 1.19 bits per heavy atom. The van der Waals surface area contributed by atoms with Crippen molar-refractivity contribution in [3.8, 4) is 0 Å². The minimum atomic E-state index is 0.178. The van der Waals surface area contributed by atoms with Gasteiger partial charge in [-0.25, -0.2) is 0 Å². The molecule has 144 valence electrons. The van der Waals surface area contributed by atoms with E-state index in [1.807, 2.05) is 32.3 Å². The summed E-state index contributed by atoms with van der Waals surface area (Å²) in [7, 11) is 0. The van der Waals surface area contributed by atoms with E-state index in [9.17, 15) is 4.79 Å². The van der Waals surface area contributed by atoms with Crippen molar-refractivity contribution in [1.29, 1.82) is 0 Å². The Bertz CT molecular complexity index is 777. The molecular formula is C22H30N4O. The summed E-state index contributed by atoms with van der Waals surface area (Å²) in [5, 5.41) is 0. The number of H-pyrrole nitrogens is 1. The first kappa shape index (κ1) is 18.2. The lowest BCUT2D eigenvalue weighted by molar-refractivity contribution is 0.0767. The zero-order valence-corrected chi connectivity index (χ0v) is 16.4. The number of nitrogens with one attached hydrogen (secondary N) is 1. The quantitative estimate of drug-likeness (QED) is 0.902. The summed E-state index contributed by atoms with van der Waals surface area (Å²) >= 11 is 0. The Morgan fingerprint density at radius 2 is 1.96 bits per heavy atom. The first-order valence-corrected chi connectivity index (χ1v) is 10.2. The standard InChI is InChI=1S/C22H30N4O/c1-16-12-17(2)24-21(16)22(27)26-11-7-20(15-26)19-5-9-25(10-6-19)14-18-4-3-8-23-13-18/h3-4,8,12-13,19-20,24H,5-7,9-11,14-15H2,1-2H3. The second-order valence-electron chi connectivity index (χ2n) is 8.29. The third-order valence-electron chi connectivity index (χ3n) is 6.30. The minimum Gasteiger partial charge on any atom is -0.354 e. The zero-order chi connectivity index (χ0) is 18.8. The lowest BCUT2D eigenvalue weighted by Crippen LogP contribution is -2.37. The van der Waals surface area contributed by atoms with Gasteiger partial charge in [0.05, 0.1) is 0 Å². The number of aryl methyl sites for hydroxylation is 2. The van der Waals surface area contributed by atoms with Gasteiger partial charge < -0.3 is 9.88 Å². The highest BCUT2D eigenvalue weighted by Crippen LogP contribution is 2.33. The van der Waals surface area contributed by atoms with Crippen LogP contribution in [0.3, 0.4) is 0 Å². The molecule has 0 saturated carbocycles. The SMILES string of the molecule is Cc1cc(C)c(C(=O)N2CCC(C3CCN(Cc4cccnc4)CC3)C2)[nH]1. The molecule has 2 saturated heterocycles. The van der Waals surface area contributed by atoms with E-state index in [1.165, 1.54) is 18.4 Å². The number of pyridine rings is 1. The molecule has 1 amide bonds. The number of amides is 1. The van der Waals surface area contributed by atoms with Crippen LogP contribution in [-0.2, 0) is 6.54 Å². The molecule has 0 aliphatic carbocycles. The second kappa shape index (κ2) is 7.85. The van der Waals surface area contributed by atoms with Crippen molar-refractivity contribution < 1.29 is 4.79 Å². The van der Waals surface area contributed by atoms with Gasteiger partial charge in [-0.3, -0.25) is 14.7 Å². The van der Waals surface area contributed by atoms with Gasteiger partial charge in [0.2, 0.25) is 0 Å². The van der Waals surface area contributed by atoms with Crippen LogP contribution < -0.4 is 0 Å². The van der Waals surface area contributed by atoms with Gasteiger partial charge in [-0.1, -0.05) is 6.07 Å². The van der Waals surface area contributed by atoms with Gasteiger partial charge >= 0.3 is 0 Å². The van der Waals surface area contributed by atoms with Crippen molar-refractivity contribution in [3.05, 3.63) is 53.1 Å². The monoisotopic (exact) mass is 366 g/mol. The topological polar surface area (TPSA) is 52.2 Å². The zero-order valence-electron chi connectivity index (χ0n) is 16.4. The van der Waals surface area contributed by atoms with Crippen LogP contribution >= 0.6 is 0 Å². The maximum Gasteiger partial charge on any atom is 0.270 e. The molecule has 4 rings (SSSR count). The van der Waals surface area contributed by atoms with Crippen LogP contribution in [0.2, 0.25) is 0 Å². The third kappa shape index (κ3) is 4.08. The summed E-state index contributed by atoms with van der Waals surface area (Å²) in [6.07, 6.45) is 7.44. The van der Waals surface area contributed by atoms with Crippen LogP contribution in [0.15, 0.2) is 30.6 Å². The Balaban J connectivity index is 1.29. The Kier molecular flexibility index (Phi) is 5.30. The van der Waals surface area contributed by atoms with Crippen LogP contribution in [0.5, 0.6) is 0 Å². The molecule has 0 aromatic carbocycles. The van der Waals surface area contributed by atoms with Gasteiger partial charge in [0.25, 0.3) is 5.91 Å². The second-order valence-corrected chi connectivity index (χ2v) is 8.29. The molecule has 2 fully saturated rings. The van der Waals surface area contributed by atoms with Crippen LogP contribution in [0.25, 0.3) is 0 Å². The largest absolute Gasteiger partial charge is 0.354 e. The number of hydrogen-bond donors (Lipinski definition) is 1. The van der Waals surface area contributed by atoms with Crippen molar-refractivity contribution in [2.45, 2.75) is 39.7 Å². The van der Waals surface area contributed by atoms with Gasteiger partial charge in [0, 0.05) is 37.7 Å². The highest BCUT2D eigenvalue weighted by Gasteiger charge is 2.34. The van der Waals surface area contributed by atoms with Crippen LogP contribution in [0.1, 0.15) is 46.6 Å². The summed E-state index contributed by atoms with van der Waals surface area (Å²) in [5.74, 6) is 1.59. The highest BCUT2D eigenvalue weighted by molar-refractivity contribution is 5.94. The minimum absolute atomic E-state index is 0.178.